The summed E-state index contributed by atoms with van der Waals surface area (Å²) in [5, 5.41) is 2.49. The van der Waals surface area contributed by atoms with Crippen molar-refractivity contribution in [1.29, 1.82) is 0 Å². The van der Waals surface area contributed by atoms with Gasteiger partial charge < -0.3 is 5.32 Å². The van der Waals surface area contributed by atoms with Gasteiger partial charge in [0.25, 0.3) is 0 Å². The molecule has 8 heteroatoms. The van der Waals surface area contributed by atoms with Gasteiger partial charge in [-0.1, -0.05) is 31.4 Å². The average Bonchev–Trinajstić information content (AvgIpc) is 2.45. The monoisotopic (exact) mass is 364 g/mol. The van der Waals surface area contributed by atoms with E-state index in [1.807, 2.05) is 6.92 Å². The highest BCUT2D eigenvalue weighted by atomic mass is 35.5. The minimum absolute atomic E-state index is 0.0220. The van der Waals surface area contributed by atoms with Gasteiger partial charge in [0.1, 0.15) is 5.82 Å². The van der Waals surface area contributed by atoms with Crippen LogP contribution in [-0.2, 0) is 14.8 Å². The highest BCUT2D eigenvalue weighted by Crippen LogP contribution is 2.19. The Bertz CT molecular complexity index is 638. The molecule has 0 aliphatic heterocycles. The molecule has 1 amide bonds. The van der Waals surface area contributed by atoms with Crippen LogP contribution in [0.4, 0.5) is 10.1 Å². The van der Waals surface area contributed by atoms with Crippen LogP contribution in [0.2, 0.25) is 5.02 Å². The van der Waals surface area contributed by atoms with E-state index >= 15 is 0 Å². The number of nitrogens with zero attached hydrogens (tertiary/aromatic N) is 1. The van der Waals surface area contributed by atoms with Gasteiger partial charge in [0.2, 0.25) is 15.9 Å². The molecule has 0 saturated heterocycles. The van der Waals surface area contributed by atoms with Gasteiger partial charge in [0, 0.05) is 25.2 Å². The number of hydrogen-bond donors (Lipinski definition) is 1. The lowest BCUT2D eigenvalue weighted by molar-refractivity contribution is -0.116. The Morgan fingerprint density at radius 1 is 1.30 bits per heavy atom. The molecular weight excluding hydrogens is 343 g/mol. The van der Waals surface area contributed by atoms with Gasteiger partial charge in [0.05, 0.1) is 11.3 Å². The van der Waals surface area contributed by atoms with Crippen LogP contribution in [0.1, 0.15) is 32.6 Å². The molecule has 1 N–H and O–H groups in total. The number of benzene rings is 1. The number of unbranched alkanes of at least 4 members (excludes halogenated alkanes) is 2. The zero-order valence-corrected chi connectivity index (χ0v) is 14.9. The SMILES string of the molecule is CCCCCN(CCC(=O)Nc1ccc(F)c(Cl)c1)S(C)(=O)=O. The van der Waals surface area contributed by atoms with E-state index in [1.165, 1.54) is 16.4 Å². The molecule has 0 aliphatic carbocycles. The summed E-state index contributed by atoms with van der Waals surface area (Å²) in [5.74, 6) is -0.916. The lowest BCUT2D eigenvalue weighted by Crippen LogP contribution is -2.33. The molecule has 0 fully saturated rings. The van der Waals surface area contributed by atoms with Crippen molar-refractivity contribution >= 4 is 33.2 Å². The first-order chi connectivity index (χ1) is 10.7. The van der Waals surface area contributed by atoms with Crippen molar-refractivity contribution in [2.24, 2.45) is 0 Å². The molecule has 1 aromatic carbocycles. The lowest BCUT2D eigenvalue weighted by atomic mass is 10.2. The second kappa shape index (κ2) is 9.20. The summed E-state index contributed by atoms with van der Waals surface area (Å²) in [6.45, 7) is 2.55. The van der Waals surface area contributed by atoms with Gasteiger partial charge in [-0.25, -0.2) is 17.1 Å². The van der Waals surface area contributed by atoms with E-state index in [0.29, 0.717) is 12.2 Å². The number of amides is 1. The van der Waals surface area contributed by atoms with Crippen molar-refractivity contribution in [1.82, 2.24) is 4.31 Å². The first-order valence-electron chi connectivity index (χ1n) is 7.44. The Hall–Kier alpha value is -1.18. The number of sulfonamides is 1. The summed E-state index contributed by atoms with van der Waals surface area (Å²) in [6.07, 6.45) is 3.85. The van der Waals surface area contributed by atoms with Gasteiger partial charge in [0.15, 0.2) is 0 Å². The minimum atomic E-state index is -3.34. The molecule has 130 valence electrons. The van der Waals surface area contributed by atoms with E-state index in [-0.39, 0.29) is 23.9 Å². The fourth-order valence-electron chi connectivity index (χ4n) is 2.01. The van der Waals surface area contributed by atoms with Crippen LogP contribution in [0.5, 0.6) is 0 Å². The van der Waals surface area contributed by atoms with Gasteiger partial charge in [-0.2, -0.15) is 0 Å². The molecule has 0 aromatic heterocycles. The van der Waals surface area contributed by atoms with Crippen molar-refractivity contribution < 1.29 is 17.6 Å². The predicted molar refractivity (Wildman–Crippen MR) is 90.6 cm³/mol. The minimum Gasteiger partial charge on any atom is -0.326 e. The molecule has 0 atom stereocenters. The summed E-state index contributed by atoms with van der Waals surface area (Å²) >= 11 is 5.64. The fraction of sp³-hybridized carbons (Fsp3) is 0.533. The molecule has 1 aromatic rings. The maximum atomic E-state index is 13.1. The Balaban J connectivity index is 2.55. The highest BCUT2D eigenvalue weighted by Gasteiger charge is 2.17. The normalized spacial score (nSPS) is 11.7. The van der Waals surface area contributed by atoms with E-state index < -0.39 is 15.8 Å². The zero-order chi connectivity index (χ0) is 17.5. The Kier molecular flexibility index (Phi) is 7.94. The van der Waals surface area contributed by atoms with Crippen molar-refractivity contribution in [2.75, 3.05) is 24.7 Å². The second-order valence-corrected chi connectivity index (χ2v) is 7.69. The number of carbonyl (C=O) groups excluding carboxylic acids is 1. The van der Waals surface area contributed by atoms with Crippen LogP contribution in [0.3, 0.4) is 0 Å². The van der Waals surface area contributed by atoms with E-state index in [9.17, 15) is 17.6 Å². The van der Waals surface area contributed by atoms with Gasteiger partial charge >= 0.3 is 0 Å². The quantitative estimate of drug-likeness (QED) is 0.684. The molecule has 0 saturated carbocycles. The third-order valence-corrected chi connectivity index (χ3v) is 4.86. The molecule has 0 unspecified atom stereocenters. The van der Waals surface area contributed by atoms with Crippen LogP contribution < -0.4 is 5.32 Å². The zero-order valence-electron chi connectivity index (χ0n) is 13.3. The number of halogens is 2. The smallest absolute Gasteiger partial charge is 0.225 e. The molecule has 5 nitrogen and oxygen atoms in total. The maximum Gasteiger partial charge on any atom is 0.225 e. The number of carbonyl (C=O) groups is 1. The van der Waals surface area contributed by atoms with Crippen LogP contribution in [0.25, 0.3) is 0 Å². The third kappa shape index (κ3) is 7.28. The molecule has 23 heavy (non-hydrogen) atoms. The molecule has 0 spiro atoms. The molecule has 1 rings (SSSR count). The maximum absolute atomic E-state index is 13.1. The molecule has 0 bridgehead atoms. The van der Waals surface area contributed by atoms with Crippen molar-refractivity contribution in [3.8, 4) is 0 Å². The third-order valence-electron chi connectivity index (χ3n) is 3.27. The molecule has 0 radical (unpaired) electrons. The number of hydrogen-bond acceptors (Lipinski definition) is 3. The molecule has 0 heterocycles. The number of nitrogens with one attached hydrogen (secondary N) is 1. The van der Waals surface area contributed by atoms with Crippen LogP contribution in [0.15, 0.2) is 18.2 Å². The van der Waals surface area contributed by atoms with Crippen molar-refractivity contribution in [3.63, 3.8) is 0 Å². The highest BCUT2D eigenvalue weighted by molar-refractivity contribution is 7.88. The summed E-state index contributed by atoms with van der Waals surface area (Å²) in [5.41, 5.74) is 0.373. The summed E-state index contributed by atoms with van der Waals surface area (Å²) in [7, 11) is -3.34. The van der Waals surface area contributed by atoms with Crippen LogP contribution >= 0.6 is 11.6 Å². The number of rotatable bonds is 9. The summed E-state index contributed by atoms with van der Waals surface area (Å²) < 4.78 is 37.8. The van der Waals surface area contributed by atoms with Gasteiger partial charge in [-0.05, 0) is 24.6 Å². The van der Waals surface area contributed by atoms with E-state index in [0.717, 1.165) is 31.6 Å². The van der Waals surface area contributed by atoms with Crippen LogP contribution in [-0.4, -0.2) is 38.0 Å². The van der Waals surface area contributed by atoms with Crippen molar-refractivity contribution in [3.05, 3.63) is 29.0 Å². The van der Waals surface area contributed by atoms with E-state index in [4.69, 9.17) is 11.6 Å². The van der Waals surface area contributed by atoms with Gasteiger partial charge in [-0.3, -0.25) is 4.79 Å². The Labute approximate surface area is 141 Å². The number of anilines is 1. The lowest BCUT2D eigenvalue weighted by Gasteiger charge is -2.19. The standard InChI is InChI=1S/C15H22ClFN2O3S/c1-3-4-5-9-19(23(2,21)22)10-8-15(20)18-12-6-7-14(17)13(16)11-12/h6-7,11H,3-5,8-10H2,1-2H3,(H,18,20). The fourth-order valence-corrected chi connectivity index (χ4v) is 3.07. The largest absolute Gasteiger partial charge is 0.326 e. The first-order valence-corrected chi connectivity index (χ1v) is 9.66. The van der Waals surface area contributed by atoms with Gasteiger partial charge in [-0.15, -0.1) is 0 Å². The van der Waals surface area contributed by atoms with Crippen LogP contribution in [0, 0.1) is 5.82 Å². The van der Waals surface area contributed by atoms with Crippen molar-refractivity contribution in [2.45, 2.75) is 32.6 Å². The Morgan fingerprint density at radius 3 is 2.57 bits per heavy atom. The molecule has 0 aliphatic rings. The topological polar surface area (TPSA) is 66.5 Å². The average molecular weight is 365 g/mol. The predicted octanol–water partition coefficient (Wildman–Crippen LogP) is 3.26. The summed E-state index contributed by atoms with van der Waals surface area (Å²) in [4.78, 5) is 11.9. The van der Waals surface area contributed by atoms with E-state index in [1.54, 1.807) is 0 Å². The summed E-state index contributed by atoms with van der Waals surface area (Å²) in [6, 6.07) is 3.87. The Morgan fingerprint density at radius 2 is 2.00 bits per heavy atom. The molecular formula is C15H22ClFN2O3S. The first kappa shape index (κ1) is 19.9. The van der Waals surface area contributed by atoms with E-state index in [2.05, 4.69) is 5.32 Å². The second-order valence-electron chi connectivity index (χ2n) is 5.30.